The number of nitrogens with zero attached hydrogens (tertiary/aromatic N) is 1. The van der Waals surface area contributed by atoms with Crippen molar-refractivity contribution in [1.29, 1.82) is 0 Å². The van der Waals surface area contributed by atoms with Crippen molar-refractivity contribution in [2.24, 2.45) is 11.7 Å². The third-order valence-corrected chi connectivity index (χ3v) is 3.08. The van der Waals surface area contributed by atoms with E-state index in [0.29, 0.717) is 25.3 Å². The highest BCUT2D eigenvalue weighted by molar-refractivity contribution is 5.96. The number of amides is 3. The minimum atomic E-state index is -0.237. The Morgan fingerprint density at radius 1 is 1.58 bits per heavy atom. The lowest BCUT2D eigenvalue weighted by Gasteiger charge is -2.16. The van der Waals surface area contributed by atoms with Crippen LogP contribution in [0.15, 0.2) is 24.3 Å². The number of hydrogen-bond donors (Lipinski definition) is 3. The van der Waals surface area contributed by atoms with Crippen molar-refractivity contribution in [3.8, 4) is 0 Å². The van der Waals surface area contributed by atoms with E-state index in [2.05, 4.69) is 10.6 Å². The number of carbonyl (C=O) groups is 2. The second kappa shape index (κ2) is 5.71. The maximum Gasteiger partial charge on any atom is 0.321 e. The number of nitrogens with one attached hydrogen (secondary N) is 2. The lowest BCUT2D eigenvalue weighted by atomic mass is 10.1. The van der Waals surface area contributed by atoms with E-state index in [0.717, 1.165) is 5.69 Å². The van der Waals surface area contributed by atoms with Gasteiger partial charge in [0.05, 0.1) is 0 Å². The molecule has 1 aliphatic rings. The summed E-state index contributed by atoms with van der Waals surface area (Å²) in [7, 11) is 0. The van der Waals surface area contributed by atoms with E-state index in [4.69, 9.17) is 5.73 Å². The average molecular weight is 262 g/mol. The summed E-state index contributed by atoms with van der Waals surface area (Å²) in [5.41, 5.74) is 6.89. The van der Waals surface area contributed by atoms with Gasteiger partial charge in [0.25, 0.3) is 0 Å². The first-order valence-electron chi connectivity index (χ1n) is 6.28. The third-order valence-electron chi connectivity index (χ3n) is 3.08. The van der Waals surface area contributed by atoms with Gasteiger partial charge in [-0.05, 0) is 18.2 Å². The van der Waals surface area contributed by atoms with Crippen LogP contribution in [0, 0.1) is 5.92 Å². The predicted molar refractivity (Wildman–Crippen MR) is 74.0 cm³/mol. The highest BCUT2D eigenvalue weighted by atomic mass is 16.2. The summed E-state index contributed by atoms with van der Waals surface area (Å²) in [4.78, 5) is 25.0. The second-order valence-electron chi connectivity index (χ2n) is 4.56. The second-order valence-corrected chi connectivity index (χ2v) is 4.56. The van der Waals surface area contributed by atoms with Crippen molar-refractivity contribution >= 4 is 23.3 Å². The molecule has 1 aromatic carbocycles. The van der Waals surface area contributed by atoms with E-state index in [-0.39, 0.29) is 17.9 Å². The maximum absolute atomic E-state index is 11.8. The minimum Gasteiger partial charge on any atom is -0.336 e. The Balaban J connectivity index is 2.11. The number of rotatable bonds is 4. The lowest BCUT2D eigenvalue weighted by Crippen LogP contribution is -2.28. The van der Waals surface area contributed by atoms with Crippen molar-refractivity contribution in [1.82, 2.24) is 5.32 Å². The maximum atomic E-state index is 11.8. The molecule has 1 saturated heterocycles. The zero-order chi connectivity index (χ0) is 13.8. The molecule has 2 rings (SSSR count). The highest BCUT2D eigenvalue weighted by Crippen LogP contribution is 2.21. The molecule has 1 heterocycles. The van der Waals surface area contributed by atoms with Crippen LogP contribution in [0.3, 0.4) is 0 Å². The molecule has 1 aliphatic heterocycles. The van der Waals surface area contributed by atoms with Gasteiger partial charge in [-0.25, -0.2) is 4.79 Å². The molecular formula is C13H18N4O2. The monoisotopic (exact) mass is 262 g/mol. The molecule has 6 nitrogen and oxygen atoms in total. The van der Waals surface area contributed by atoms with Crippen LogP contribution in [0.25, 0.3) is 0 Å². The number of anilines is 2. The van der Waals surface area contributed by atoms with Gasteiger partial charge in [-0.2, -0.15) is 0 Å². The fraction of sp³-hybridized carbons (Fsp3) is 0.385. The summed E-state index contributed by atoms with van der Waals surface area (Å²) in [6.45, 7) is 3.35. The van der Waals surface area contributed by atoms with E-state index in [1.807, 2.05) is 12.1 Å². The van der Waals surface area contributed by atoms with Crippen LogP contribution in [0.4, 0.5) is 16.2 Å². The molecule has 0 radical (unpaired) electrons. The molecule has 0 saturated carbocycles. The summed E-state index contributed by atoms with van der Waals surface area (Å²) in [5.74, 6) is -0.357. The lowest BCUT2D eigenvalue weighted by molar-refractivity contribution is -0.119. The molecule has 0 aromatic heterocycles. The van der Waals surface area contributed by atoms with Crippen LogP contribution >= 0.6 is 0 Å². The van der Waals surface area contributed by atoms with E-state index >= 15 is 0 Å². The topological polar surface area (TPSA) is 87.5 Å². The van der Waals surface area contributed by atoms with E-state index in [9.17, 15) is 9.59 Å². The van der Waals surface area contributed by atoms with Crippen molar-refractivity contribution in [3.63, 3.8) is 0 Å². The van der Waals surface area contributed by atoms with Crippen LogP contribution in [0.1, 0.15) is 6.92 Å². The summed E-state index contributed by atoms with van der Waals surface area (Å²) in [6.07, 6.45) is 0. The smallest absolute Gasteiger partial charge is 0.321 e. The van der Waals surface area contributed by atoms with E-state index < -0.39 is 0 Å². The molecule has 3 amide bonds. The van der Waals surface area contributed by atoms with Crippen LogP contribution < -0.4 is 21.3 Å². The van der Waals surface area contributed by atoms with E-state index in [1.165, 1.54) is 0 Å². The van der Waals surface area contributed by atoms with Crippen molar-refractivity contribution in [2.75, 3.05) is 29.9 Å². The van der Waals surface area contributed by atoms with Gasteiger partial charge in [-0.3, -0.25) is 9.69 Å². The van der Waals surface area contributed by atoms with Gasteiger partial charge in [0, 0.05) is 36.9 Å². The predicted octanol–water partition coefficient (Wildman–Crippen LogP) is 0.749. The Labute approximate surface area is 112 Å². The van der Waals surface area contributed by atoms with Crippen LogP contribution in [0.5, 0.6) is 0 Å². The number of urea groups is 1. The number of carbonyl (C=O) groups excluding carboxylic acids is 2. The summed E-state index contributed by atoms with van der Waals surface area (Å²) >= 11 is 0. The zero-order valence-corrected chi connectivity index (χ0v) is 10.8. The van der Waals surface area contributed by atoms with Gasteiger partial charge >= 0.3 is 6.03 Å². The molecule has 1 aromatic rings. The van der Waals surface area contributed by atoms with Gasteiger partial charge < -0.3 is 16.4 Å². The molecule has 6 heteroatoms. The van der Waals surface area contributed by atoms with Gasteiger partial charge in [0.2, 0.25) is 5.91 Å². The largest absolute Gasteiger partial charge is 0.336 e. The Hall–Kier alpha value is -2.08. The van der Waals surface area contributed by atoms with Gasteiger partial charge in [-0.1, -0.05) is 13.0 Å². The summed E-state index contributed by atoms with van der Waals surface area (Å²) < 4.78 is 0. The van der Waals surface area contributed by atoms with Gasteiger partial charge in [-0.15, -0.1) is 0 Å². The van der Waals surface area contributed by atoms with Crippen LogP contribution in [0.2, 0.25) is 0 Å². The molecule has 102 valence electrons. The van der Waals surface area contributed by atoms with Crippen molar-refractivity contribution in [2.45, 2.75) is 6.92 Å². The first-order valence-corrected chi connectivity index (χ1v) is 6.28. The highest BCUT2D eigenvalue weighted by Gasteiger charge is 2.21. The Morgan fingerprint density at radius 2 is 2.37 bits per heavy atom. The molecule has 1 unspecified atom stereocenters. The number of hydrogen-bond acceptors (Lipinski definition) is 3. The Morgan fingerprint density at radius 3 is 3.00 bits per heavy atom. The average Bonchev–Trinajstić information content (AvgIpc) is 2.84. The van der Waals surface area contributed by atoms with Crippen molar-refractivity contribution in [3.05, 3.63) is 24.3 Å². The molecule has 0 aliphatic carbocycles. The molecule has 1 atom stereocenters. The standard InChI is InChI=1S/C13H18N4O2/c1-9(8-14)12(18)16-10-3-2-4-11(7-10)17-6-5-15-13(17)19/h2-4,7,9H,5-6,8,14H2,1H3,(H,15,19)(H,16,18). The zero-order valence-electron chi connectivity index (χ0n) is 10.8. The minimum absolute atomic E-state index is 0.112. The number of benzene rings is 1. The molecular weight excluding hydrogens is 244 g/mol. The summed E-state index contributed by atoms with van der Waals surface area (Å²) in [5, 5.41) is 5.53. The molecule has 1 fully saturated rings. The van der Waals surface area contributed by atoms with E-state index in [1.54, 1.807) is 24.0 Å². The van der Waals surface area contributed by atoms with Crippen molar-refractivity contribution < 1.29 is 9.59 Å². The number of nitrogens with two attached hydrogens (primary N) is 1. The SMILES string of the molecule is CC(CN)C(=O)Nc1cccc(N2CCNC2=O)c1. The van der Waals surface area contributed by atoms with Crippen LogP contribution in [-0.4, -0.2) is 31.6 Å². The Kier molecular flexibility index (Phi) is 4.01. The Bertz CT molecular complexity index is 489. The van der Waals surface area contributed by atoms with Gasteiger partial charge in [0.1, 0.15) is 0 Å². The summed E-state index contributed by atoms with van der Waals surface area (Å²) in [6, 6.07) is 7.11. The molecule has 19 heavy (non-hydrogen) atoms. The fourth-order valence-corrected chi connectivity index (χ4v) is 1.84. The third kappa shape index (κ3) is 3.03. The fourth-order valence-electron chi connectivity index (χ4n) is 1.84. The van der Waals surface area contributed by atoms with Gasteiger partial charge in [0.15, 0.2) is 0 Å². The quantitative estimate of drug-likeness (QED) is 0.748. The first-order chi connectivity index (χ1) is 9.11. The first kappa shape index (κ1) is 13.4. The van der Waals surface area contributed by atoms with Crippen LogP contribution in [-0.2, 0) is 4.79 Å². The normalized spacial score (nSPS) is 16.1. The molecule has 0 bridgehead atoms. The molecule has 0 spiro atoms. The molecule has 4 N–H and O–H groups in total.